The number of rotatable bonds is 5. The molecule has 1 aromatic carbocycles. The highest BCUT2D eigenvalue weighted by atomic mass is 14.9. The molecule has 0 aliphatic carbocycles. The molecule has 0 radical (unpaired) electrons. The highest BCUT2D eigenvalue weighted by Gasteiger charge is 2.04. The Hall–Kier alpha value is -1.28. The first-order valence-electron chi connectivity index (χ1n) is 6.08. The van der Waals surface area contributed by atoms with Gasteiger partial charge in [-0.05, 0) is 44.1 Å². The SMILES string of the molecule is CCCn1ccc2c(CCNC)cccc21. The summed E-state index contributed by atoms with van der Waals surface area (Å²) >= 11 is 0. The molecule has 0 saturated heterocycles. The van der Waals surface area contributed by atoms with Gasteiger partial charge in [0.25, 0.3) is 0 Å². The van der Waals surface area contributed by atoms with E-state index in [0.717, 1.165) is 19.5 Å². The summed E-state index contributed by atoms with van der Waals surface area (Å²) in [4.78, 5) is 0. The summed E-state index contributed by atoms with van der Waals surface area (Å²) in [5.74, 6) is 0. The topological polar surface area (TPSA) is 17.0 Å². The van der Waals surface area contributed by atoms with Gasteiger partial charge in [0.2, 0.25) is 0 Å². The molecule has 2 nitrogen and oxygen atoms in total. The molecule has 0 aliphatic heterocycles. The molecule has 1 heterocycles. The molecule has 0 saturated carbocycles. The van der Waals surface area contributed by atoms with Crippen LogP contribution in [0.5, 0.6) is 0 Å². The van der Waals surface area contributed by atoms with Gasteiger partial charge < -0.3 is 9.88 Å². The standard InChI is InChI=1S/C14H20N2/c1-3-10-16-11-8-13-12(7-9-15-2)5-4-6-14(13)16/h4-6,8,11,15H,3,7,9-10H2,1-2H3. The third kappa shape index (κ3) is 2.12. The molecular formula is C14H20N2. The lowest BCUT2D eigenvalue weighted by molar-refractivity contribution is 0.703. The van der Waals surface area contributed by atoms with Crippen LogP contribution in [-0.2, 0) is 13.0 Å². The second-order valence-corrected chi connectivity index (χ2v) is 4.21. The number of aryl methyl sites for hydroxylation is 1. The zero-order valence-electron chi connectivity index (χ0n) is 10.2. The molecule has 86 valence electrons. The average molecular weight is 216 g/mol. The highest BCUT2D eigenvalue weighted by molar-refractivity contribution is 5.83. The minimum absolute atomic E-state index is 1.04. The van der Waals surface area contributed by atoms with Crippen molar-refractivity contribution >= 4 is 10.9 Å². The van der Waals surface area contributed by atoms with Gasteiger partial charge in [0, 0.05) is 23.6 Å². The van der Waals surface area contributed by atoms with E-state index >= 15 is 0 Å². The first-order chi connectivity index (χ1) is 7.86. The van der Waals surface area contributed by atoms with Crippen molar-refractivity contribution in [2.45, 2.75) is 26.3 Å². The van der Waals surface area contributed by atoms with Crippen LogP contribution in [0, 0.1) is 0 Å². The molecule has 0 fully saturated rings. The van der Waals surface area contributed by atoms with Gasteiger partial charge in [-0.1, -0.05) is 19.1 Å². The van der Waals surface area contributed by atoms with Crippen LogP contribution in [0.4, 0.5) is 0 Å². The summed E-state index contributed by atoms with van der Waals surface area (Å²) in [6, 6.07) is 8.86. The van der Waals surface area contributed by atoms with Gasteiger partial charge in [0.15, 0.2) is 0 Å². The lowest BCUT2D eigenvalue weighted by atomic mass is 10.1. The second-order valence-electron chi connectivity index (χ2n) is 4.21. The lowest BCUT2D eigenvalue weighted by Gasteiger charge is -2.06. The maximum absolute atomic E-state index is 3.21. The monoisotopic (exact) mass is 216 g/mol. The number of nitrogens with one attached hydrogen (secondary N) is 1. The molecule has 0 spiro atoms. The van der Waals surface area contributed by atoms with E-state index in [2.05, 4.69) is 47.3 Å². The number of benzene rings is 1. The fraction of sp³-hybridized carbons (Fsp3) is 0.429. The third-order valence-corrected chi connectivity index (χ3v) is 3.01. The summed E-state index contributed by atoms with van der Waals surface area (Å²) in [7, 11) is 2.00. The van der Waals surface area contributed by atoms with Crippen molar-refractivity contribution in [3.8, 4) is 0 Å². The van der Waals surface area contributed by atoms with Crippen LogP contribution in [0.15, 0.2) is 30.5 Å². The van der Waals surface area contributed by atoms with Crippen molar-refractivity contribution in [3.63, 3.8) is 0 Å². The summed E-state index contributed by atoms with van der Waals surface area (Å²) in [5, 5.41) is 4.61. The van der Waals surface area contributed by atoms with Gasteiger partial charge in [-0.2, -0.15) is 0 Å². The molecule has 0 atom stereocenters. The Morgan fingerprint density at radius 3 is 2.88 bits per heavy atom. The Bertz CT molecular complexity index is 457. The van der Waals surface area contributed by atoms with E-state index in [1.54, 1.807) is 0 Å². The fourth-order valence-electron chi connectivity index (χ4n) is 2.20. The number of fused-ring (bicyclic) bond motifs is 1. The van der Waals surface area contributed by atoms with Gasteiger partial charge in [-0.15, -0.1) is 0 Å². The van der Waals surface area contributed by atoms with Crippen LogP contribution in [0.25, 0.3) is 10.9 Å². The van der Waals surface area contributed by atoms with Crippen LogP contribution >= 0.6 is 0 Å². The number of hydrogen-bond donors (Lipinski definition) is 1. The molecular weight excluding hydrogens is 196 g/mol. The molecule has 0 unspecified atom stereocenters. The van der Waals surface area contributed by atoms with Crippen molar-refractivity contribution < 1.29 is 0 Å². The summed E-state index contributed by atoms with van der Waals surface area (Å²) in [5.41, 5.74) is 2.82. The van der Waals surface area contributed by atoms with Gasteiger partial charge in [0.05, 0.1) is 0 Å². The minimum atomic E-state index is 1.04. The fourth-order valence-corrected chi connectivity index (χ4v) is 2.20. The van der Waals surface area contributed by atoms with E-state index in [-0.39, 0.29) is 0 Å². The van der Waals surface area contributed by atoms with E-state index in [9.17, 15) is 0 Å². The largest absolute Gasteiger partial charge is 0.347 e. The summed E-state index contributed by atoms with van der Waals surface area (Å²) < 4.78 is 2.35. The van der Waals surface area contributed by atoms with Crippen molar-refractivity contribution in [1.82, 2.24) is 9.88 Å². The number of hydrogen-bond acceptors (Lipinski definition) is 1. The van der Waals surface area contributed by atoms with Crippen LogP contribution in [0.2, 0.25) is 0 Å². The van der Waals surface area contributed by atoms with Gasteiger partial charge in [0.1, 0.15) is 0 Å². The Kier molecular flexibility index (Phi) is 3.62. The van der Waals surface area contributed by atoms with E-state index in [1.807, 2.05) is 7.05 Å². The number of aromatic nitrogens is 1. The van der Waals surface area contributed by atoms with E-state index < -0.39 is 0 Å². The molecule has 2 rings (SSSR count). The summed E-state index contributed by atoms with van der Waals surface area (Å²) in [6.07, 6.45) is 4.49. The Morgan fingerprint density at radius 2 is 2.12 bits per heavy atom. The van der Waals surface area contributed by atoms with E-state index in [1.165, 1.54) is 22.9 Å². The maximum atomic E-state index is 3.21. The smallest absolute Gasteiger partial charge is 0.0483 e. The molecule has 2 heteroatoms. The third-order valence-electron chi connectivity index (χ3n) is 3.01. The van der Waals surface area contributed by atoms with Crippen LogP contribution in [0.1, 0.15) is 18.9 Å². The molecule has 1 aromatic heterocycles. The normalized spacial score (nSPS) is 11.1. The van der Waals surface area contributed by atoms with Gasteiger partial charge in [-0.3, -0.25) is 0 Å². The predicted molar refractivity (Wildman–Crippen MR) is 69.9 cm³/mol. The predicted octanol–water partition coefficient (Wildman–Crippen LogP) is 2.81. The van der Waals surface area contributed by atoms with Crippen LogP contribution in [0.3, 0.4) is 0 Å². The van der Waals surface area contributed by atoms with Crippen LogP contribution in [-0.4, -0.2) is 18.2 Å². The maximum Gasteiger partial charge on any atom is 0.0483 e. The zero-order valence-corrected chi connectivity index (χ0v) is 10.2. The highest BCUT2D eigenvalue weighted by Crippen LogP contribution is 2.20. The van der Waals surface area contributed by atoms with Gasteiger partial charge >= 0.3 is 0 Å². The first-order valence-corrected chi connectivity index (χ1v) is 6.08. The van der Waals surface area contributed by atoms with E-state index in [4.69, 9.17) is 0 Å². The minimum Gasteiger partial charge on any atom is -0.347 e. The molecule has 16 heavy (non-hydrogen) atoms. The Labute approximate surface area is 97.3 Å². The molecule has 0 bridgehead atoms. The first kappa shape index (κ1) is 11.2. The van der Waals surface area contributed by atoms with Gasteiger partial charge in [-0.25, -0.2) is 0 Å². The molecule has 0 amide bonds. The Balaban J connectivity index is 2.36. The van der Waals surface area contributed by atoms with Crippen molar-refractivity contribution in [3.05, 3.63) is 36.0 Å². The number of nitrogens with zero attached hydrogens (tertiary/aromatic N) is 1. The van der Waals surface area contributed by atoms with Crippen LogP contribution < -0.4 is 5.32 Å². The number of likely N-dealkylation sites (N-methyl/N-ethyl adjacent to an activating group) is 1. The molecule has 1 N–H and O–H groups in total. The van der Waals surface area contributed by atoms with E-state index in [0.29, 0.717) is 0 Å². The Morgan fingerprint density at radius 1 is 1.25 bits per heavy atom. The van der Waals surface area contributed by atoms with Crippen molar-refractivity contribution in [1.29, 1.82) is 0 Å². The molecule has 2 aromatic rings. The summed E-state index contributed by atoms with van der Waals surface area (Å²) in [6.45, 7) is 4.37. The van der Waals surface area contributed by atoms with Crippen molar-refractivity contribution in [2.24, 2.45) is 0 Å². The quantitative estimate of drug-likeness (QED) is 0.813. The lowest BCUT2D eigenvalue weighted by Crippen LogP contribution is -2.10. The average Bonchev–Trinajstić information content (AvgIpc) is 2.71. The zero-order chi connectivity index (χ0) is 11.4. The molecule has 0 aliphatic rings. The second kappa shape index (κ2) is 5.17. The van der Waals surface area contributed by atoms with Crippen molar-refractivity contribution in [2.75, 3.05) is 13.6 Å².